The van der Waals surface area contributed by atoms with Gasteiger partial charge in [0.2, 0.25) is 0 Å². The number of ketones is 2. The third-order valence-electron chi connectivity index (χ3n) is 5.15. The van der Waals surface area contributed by atoms with Gasteiger partial charge in [-0.25, -0.2) is 0 Å². The van der Waals surface area contributed by atoms with E-state index in [2.05, 4.69) is 19.9 Å². The smallest absolute Gasteiger partial charge is 0.194 e. The lowest BCUT2D eigenvalue weighted by molar-refractivity contribution is 0.0968. The molecule has 0 aliphatic heterocycles. The van der Waals surface area contributed by atoms with Crippen LogP contribution in [0.2, 0.25) is 0 Å². The number of methoxy groups -OCH3 is 1. The standard InChI is InChI=1S/C26H32O4/c1-16(2)8-7-9-18(5)11-13-20-21(12-10-17(3)4)26(29)24-22(25(20)28)14-19(27)15-23(24)30-6/h8,10-11,14-15,27H,7,9,12-13H2,1-6H3/b18-11+. The third kappa shape index (κ3) is 5.59. The van der Waals surface area contributed by atoms with Crippen molar-refractivity contribution >= 4 is 11.6 Å². The van der Waals surface area contributed by atoms with Crippen LogP contribution in [0.5, 0.6) is 11.5 Å². The van der Waals surface area contributed by atoms with Gasteiger partial charge in [0.15, 0.2) is 11.6 Å². The summed E-state index contributed by atoms with van der Waals surface area (Å²) in [6.07, 6.45) is 8.85. The number of ether oxygens (including phenoxy) is 1. The Morgan fingerprint density at radius 2 is 1.50 bits per heavy atom. The average molecular weight is 409 g/mol. The lowest BCUT2D eigenvalue weighted by Crippen LogP contribution is -2.23. The second kappa shape index (κ2) is 10.2. The highest BCUT2D eigenvalue weighted by molar-refractivity contribution is 6.28. The molecule has 160 valence electrons. The Hall–Kier alpha value is -2.88. The summed E-state index contributed by atoms with van der Waals surface area (Å²) in [7, 11) is 1.43. The van der Waals surface area contributed by atoms with Gasteiger partial charge >= 0.3 is 0 Å². The Morgan fingerprint density at radius 1 is 0.900 bits per heavy atom. The normalized spacial score (nSPS) is 13.9. The minimum atomic E-state index is -0.218. The van der Waals surface area contributed by atoms with Gasteiger partial charge < -0.3 is 9.84 Å². The molecule has 1 aromatic rings. The molecule has 0 atom stereocenters. The van der Waals surface area contributed by atoms with Crippen LogP contribution in [0, 0.1) is 0 Å². The zero-order chi connectivity index (χ0) is 22.4. The van der Waals surface area contributed by atoms with Gasteiger partial charge in [0.25, 0.3) is 0 Å². The summed E-state index contributed by atoms with van der Waals surface area (Å²) in [6, 6.07) is 2.74. The molecule has 0 saturated heterocycles. The summed E-state index contributed by atoms with van der Waals surface area (Å²) in [6.45, 7) is 10.1. The van der Waals surface area contributed by atoms with Crippen LogP contribution in [-0.4, -0.2) is 23.8 Å². The maximum absolute atomic E-state index is 13.3. The van der Waals surface area contributed by atoms with Crippen LogP contribution >= 0.6 is 0 Å². The van der Waals surface area contributed by atoms with E-state index in [9.17, 15) is 14.7 Å². The number of carbonyl (C=O) groups is 2. The van der Waals surface area contributed by atoms with Crippen LogP contribution < -0.4 is 4.74 Å². The zero-order valence-electron chi connectivity index (χ0n) is 18.9. The van der Waals surface area contributed by atoms with Crippen LogP contribution in [0.4, 0.5) is 0 Å². The van der Waals surface area contributed by atoms with Crippen LogP contribution in [0.25, 0.3) is 0 Å². The number of hydrogen-bond acceptors (Lipinski definition) is 4. The molecular formula is C26H32O4. The number of carbonyl (C=O) groups excluding carboxylic acids is 2. The highest BCUT2D eigenvalue weighted by Gasteiger charge is 2.34. The van der Waals surface area contributed by atoms with E-state index in [0.717, 1.165) is 18.4 Å². The number of allylic oxidation sites excluding steroid dienone is 8. The summed E-state index contributed by atoms with van der Waals surface area (Å²) >= 11 is 0. The molecule has 1 aromatic carbocycles. The quantitative estimate of drug-likeness (QED) is 0.498. The van der Waals surface area contributed by atoms with Crippen molar-refractivity contribution in [1.29, 1.82) is 0 Å². The van der Waals surface area contributed by atoms with Crippen LogP contribution in [0.1, 0.15) is 81.0 Å². The molecule has 0 unspecified atom stereocenters. The van der Waals surface area contributed by atoms with Gasteiger partial charge in [-0.15, -0.1) is 0 Å². The molecule has 4 nitrogen and oxygen atoms in total. The van der Waals surface area contributed by atoms with Crippen molar-refractivity contribution in [2.75, 3.05) is 7.11 Å². The zero-order valence-corrected chi connectivity index (χ0v) is 18.9. The van der Waals surface area contributed by atoms with Crippen LogP contribution in [-0.2, 0) is 0 Å². The predicted octanol–water partition coefficient (Wildman–Crippen LogP) is 6.52. The Morgan fingerprint density at radius 3 is 2.10 bits per heavy atom. The Kier molecular flexibility index (Phi) is 7.99. The van der Waals surface area contributed by atoms with Crippen molar-refractivity contribution in [2.24, 2.45) is 0 Å². The Labute approximate surface area is 179 Å². The van der Waals surface area contributed by atoms with Crippen molar-refractivity contribution in [1.82, 2.24) is 0 Å². The maximum atomic E-state index is 13.3. The van der Waals surface area contributed by atoms with Crippen LogP contribution in [0.15, 0.2) is 58.2 Å². The van der Waals surface area contributed by atoms with E-state index in [1.165, 1.54) is 30.4 Å². The number of hydrogen-bond donors (Lipinski definition) is 1. The summed E-state index contributed by atoms with van der Waals surface area (Å²) < 4.78 is 5.29. The molecular weight excluding hydrogens is 376 g/mol. The van der Waals surface area contributed by atoms with Gasteiger partial charge in [-0.3, -0.25) is 9.59 Å². The van der Waals surface area contributed by atoms with Gasteiger partial charge in [0.05, 0.1) is 12.7 Å². The van der Waals surface area contributed by atoms with Crippen molar-refractivity contribution < 1.29 is 19.4 Å². The topological polar surface area (TPSA) is 63.6 Å². The van der Waals surface area contributed by atoms with E-state index in [-0.39, 0.29) is 34.2 Å². The SMILES string of the molecule is COc1cc(O)cc2c1C(=O)C(CC=C(C)C)=C(C/C=C(\C)CCC=C(C)C)C2=O. The van der Waals surface area contributed by atoms with Crippen molar-refractivity contribution in [3.8, 4) is 11.5 Å². The first-order valence-electron chi connectivity index (χ1n) is 10.3. The molecule has 0 saturated carbocycles. The molecule has 2 rings (SSSR count). The first-order valence-corrected chi connectivity index (χ1v) is 10.3. The molecule has 0 fully saturated rings. The van der Waals surface area contributed by atoms with Gasteiger partial charge in [-0.1, -0.05) is 34.9 Å². The molecule has 0 spiro atoms. The number of phenolic OH excluding ortho intramolecular Hbond substituents is 1. The number of rotatable bonds is 8. The van der Waals surface area contributed by atoms with E-state index in [0.29, 0.717) is 24.0 Å². The molecule has 0 heterocycles. The van der Waals surface area contributed by atoms with Gasteiger partial charge in [-0.2, -0.15) is 0 Å². The average Bonchev–Trinajstić information content (AvgIpc) is 2.67. The van der Waals surface area contributed by atoms with Crippen molar-refractivity contribution in [3.05, 3.63) is 69.4 Å². The number of benzene rings is 1. The van der Waals surface area contributed by atoms with Crippen molar-refractivity contribution in [2.45, 2.75) is 60.3 Å². The lowest BCUT2D eigenvalue weighted by Gasteiger charge is -2.22. The van der Waals surface area contributed by atoms with E-state index in [1.807, 2.05) is 32.9 Å². The molecule has 0 bridgehead atoms. The molecule has 4 heteroatoms. The van der Waals surface area contributed by atoms with E-state index >= 15 is 0 Å². The molecule has 30 heavy (non-hydrogen) atoms. The molecule has 1 aliphatic rings. The minimum absolute atomic E-state index is 0.0905. The largest absolute Gasteiger partial charge is 0.508 e. The number of aromatic hydroxyl groups is 1. The van der Waals surface area contributed by atoms with E-state index < -0.39 is 0 Å². The minimum Gasteiger partial charge on any atom is -0.508 e. The first kappa shape index (κ1) is 23.4. The summed E-state index contributed by atoms with van der Waals surface area (Å²) in [5.74, 6) is -0.285. The fourth-order valence-electron chi connectivity index (χ4n) is 3.47. The number of Topliss-reactive ketones (excluding diaryl/α,β-unsaturated/α-hetero) is 2. The highest BCUT2D eigenvalue weighted by Crippen LogP contribution is 2.38. The van der Waals surface area contributed by atoms with Gasteiger partial charge in [-0.05, 0) is 66.4 Å². The van der Waals surface area contributed by atoms with Gasteiger partial charge in [0.1, 0.15) is 11.5 Å². The summed E-state index contributed by atoms with van der Waals surface area (Å²) in [4.78, 5) is 26.7. The summed E-state index contributed by atoms with van der Waals surface area (Å²) in [5.41, 5.74) is 5.01. The first-order chi connectivity index (χ1) is 14.1. The molecule has 0 aromatic heterocycles. The predicted molar refractivity (Wildman–Crippen MR) is 121 cm³/mol. The lowest BCUT2D eigenvalue weighted by atomic mass is 9.80. The number of fused-ring (bicyclic) bond motifs is 1. The molecule has 1 aliphatic carbocycles. The maximum Gasteiger partial charge on any atom is 0.194 e. The Balaban J connectivity index is 2.48. The van der Waals surface area contributed by atoms with E-state index in [4.69, 9.17) is 4.74 Å². The molecule has 0 amide bonds. The Bertz CT molecular complexity index is 963. The monoisotopic (exact) mass is 408 g/mol. The van der Waals surface area contributed by atoms with E-state index in [1.54, 1.807) is 0 Å². The van der Waals surface area contributed by atoms with Crippen molar-refractivity contribution in [3.63, 3.8) is 0 Å². The number of phenols is 1. The summed E-state index contributed by atoms with van der Waals surface area (Å²) in [5, 5.41) is 10.0. The molecule has 1 N–H and O–H groups in total. The second-order valence-electron chi connectivity index (χ2n) is 8.25. The van der Waals surface area contributed by atoms with Crippen LogP contribution in [0.3, 0.4) is 0 Å². The third-order valence-corrected chi connectivity index (χ3v) is 5.15. The van der Waals surface area contributed by atoms with Gasteiger partial charge in [0, 0.05) is 22.8 Å². The molecule has 0 radical (unpaired) electrons. The highest BCUT2D eigenvalue weighted by atomic mass is 16.5. The second-order valence-corrected chi connectivity index (χ2v) is 8.25. The fraction of sp³-hybridized carbons (Fsp3) is 0.385. The fourth-order valence-corrected chi connectivity index (χ4v) is 3.47.